The number of amides is 1. The minimum absolute atomic E-state index is 0.0153. The first-order chi connectivity index (χ1) is 10.9. The summed E-state index contributed by atoms with van der Waals surface area (Å²) in [6, 6.07) is 9.31. The molecule has 1 aliphatic rings. The van der Waals surface area contributed by atoms with Crippen molar-refractivity contribution in [1.29, 1.82) is 0 Å². The van der Waals surface area contributed by atoms with Crippen LogP contribution in [-0.4, -0.2) is 25.1 Å². The second-order valence-corrected chi connectivity index (χ2v) is 7.63. The average molecular weight is 332 g/mol. The Balaban J connectivity index is 1.92. The van der Waals surface area contributed by atoms with Crippen molar-refractivity contribution in [3.63, 3.8) is 0 Å². The smallest absolute Gasteiger partial charge is 0.260 e. The Morgan fingerprint density at radius 3 is 2.70 bits per heavy atom. The Morgan fingerprint density at radius 2 is 1.96 bits per heavy atom. The van der Waals surface area contributed by atoms with Crippen LogP contribution in [0.5, 0.6) is 0 Å². The highest BCUT2D eigenvalue weighted by Gasteiger charge is 2.31. The van der Waals surface area contributed by atoms with E-state index < -0.39 is 27.3 Å². The van der Waals surface area contributed by atoms with E-state index in [4.69, 9.17) is 0 Å². The minimum atomic E-state index is -3.31. The van der Waals surface area contributed by atoms with Crippen LogP contribution in [0.25, 0.3) is 0 Å². The van der Waals surface area contributed by atoms with Gasteiger partial charge in [-0.05, 0) is 37.1 Å². The molecule has 0 saturated carbocycles. The number of aryl methyl sites for hydroxylation is 1. The van der Waals surface area contributed by atoms with Gasteiger partial charge in [-0.25, -0.2) is 8.42 Å². The Bertz CT molecular complexity index is 931. The van der Waals surface area contributed by atoms with Crippen molar-refractivity contribution in [2.24, 2.45) is 0 Å². The first-order valence-corrected chi connectivity index (χ1v) is 8.86. The summed E-state index contributed by atoms with van der Waals surface area (Å²) in [5.41, 5.74) is 0.789. The Kier molecular flexibility index (Phi) is 3.81. The van der Waals surface area contributed by atoms with Crippen molar-refractivity contribution in [2.45, 2.75) is 24.3 Å². The largest absolute Gasteiger partial charge is 0.345 e. The number of benzene rings is 1. The molecule has 0 fully saturated rings. The van der Waals surface area contributed by atoms with E-state index in [0.29, 0.717) is 11.3 Å². The molecule has 1 unspecified atom stereocenters. The monoisotopic (exact) mass is 332 g/mol. The molecule has 3 rings (SSSR count). The van der Waals surface area contributed by atoms with Gasteiger partial charge in [-0.1, -0.05) is 18.2 Å². The quantitative estimate of drug-likeness (QED) is 0.867. The molecule has 120 valence electrons. The standard InChI is InChI=1S/C16H16N2O4S/c1-10-6-7-12(15(19)17-10)16(20)18-13-8-9-23(21,22)14-5-3-2-4-11(13)14/h2-7,13H,8-9H2,1H3,(H,17,19)(H,18,20). The van der Waals surface area contributed by atoms with Gasteiger partial charge in [0.2, 0.25) is 0 Å². The lowest BCUT2D eigenvalue weighted by Gasteiger charge is -2.26. The van der Waals surface area contributed by atoms with E-state index >= 15 is 0 Å². The third-order valence-electron chi connectivity index (χ3n) is 3.91. The zero-order chi connectivity index (χ0) is 16.6. The SMILES string of the molecule is Cc1ccc(C(=O)NC2CCS(=O)(=O)c3ccccc32)c(=O)[nH]1. The molecule has 0 radical (unpaired) electrons. The maximum atomic E-state index is 12.3. The number of hydrogen-bond acceptors (Lipinski definition) is 4. The molecule has 0 saturated heterocycles. The van der Waals surface area contributed by atoms with Crippen LogP contribution >= 0.6 is 0 Å². The number of rotatable bonds is 2. The van der Waals surface area contributed by atoms with E-state index in [9.17, 15) is 18.0 Å². The highest BCUT2D eigenvalue weighted by molar-refractivity contribution is 7.91. The van der Waals surface area contributed by atoms with Gasteiger partial charge in [-0.2, -0.15) is 0 Å². The van der Waals surface area contributed by atoms with Crippen LogP contribution in [-0.2, 0) is 9.84 Å². The fourth-order valence-corrected chi connectivity index (χ4v) is 4.35. The minimum Gasteiger partial charge on any atom is -0.345 e. The molecule has 2 heterocycles. The number of fused-ring (bicyclic) bond motifs is 1. The van der Waals surface area contributed by atoms with Gasteiger partial charge in [0, 0.05) is 5.69 Å². The lowest BCUT2D eigenvalue weighted by Crippen LogP contribution is -2.36. The van der Waals surface area contributed by atoms with Crippen molar-refractivity contribution in [3.8, 4) is 0 Å². The number of sulfone groups is 1. The number of aromatic nitrogens is 1. The van der Waals surface area contributed by atoms with E-state index in [2.05, 4.69) is 10.3 Å². The molecule has 1 aromatic carbocycles. The Hall–Kier alpha value is -2.41. The molecule has 7 heteroatoms. The summed E-state index contributed by atoms with van der Waals surface area (Å²) in [4.78, 5) is 27.0. The molecule has 1 atom stereocenters. The van der Waals surface area contributed by atoms with Crippen molar-refractivity contribution in [3.05, 3.63) is 63.6 Å². The number of carbonyl (C=O) groups excluding carboxylic acids is 1. The third-order valence-corrected chi connectivity index (χ3v) is 5.73. The average Bonchev–Trinajstić information content (AvgIpc) is 2.50. The normalized spacial score (nSPS) is 18.9. The number of hydrogen-bond donors (Lipinski definition) is 2. The van der Waals surface area contributed by atoms with Gasteiger partial charge >= 0.3 is 0 Å². The lowest BCUT2D eigenvalue weighted by atomic mass is 10.0. The molecule has 1 aromatic heterocycles. The Labute approximate surface area is 133 Å². The van der Waals surface area contributed by atoms with Crippen LogP contribution in [0.4, 0.5) is 0 Å². The maximum absolute atomic E-state index is 12.3. The van der Waals surface area contributed by atoms with Gasteiger partial charge in [-0.3, -0.25) is 9.59 Å². The van der Waals surface area contributed by atoms with Crippen molar-refractivity contribution >= 4 is 15.7 Å². The zero-order valence-corrected chi connectivity index (χ0v) is 13.3. The number of aromatic amines is 1. The van der Waals surface area contributed by atoms with E-state index in [-0.39, 0.29) is 22.6 Å². The summed E-state index contributed by atoms with van der Waals surface area (Å²) in [6.07, 6.45) is 0.287. The third kappa shape index (κ3) is 2.92. The summed E-state index contributed by atoms with van der Waals surface area (Å²) < 4.78 is 24.2. The zero-order valence-electron chi connectivity index (χ0n) is 12.5. The van der Waals surface area contributed by atoms with Crippen LogP contribution in [0.15, 0.2) is 46.1 Å². The van der Waals surface area contributed by atoms with Crippen molar-refractivity contribution in [1.82, 2.24) is 10.3 Å². The predicted molar refractivity (Wildman–Crippen MR) is 85.1 cm³/mol. The fraction of sp³-hybridized carbons (Fsp3) is 0.250. The molecule has 0 aliphatic carbocycles. The van der Waals surface area contributed by atoms with E-state index in [1.807, 2.05) is 0 Å². The van der Waals surface area contributed by atoms with Gasteiger partial charge in [0.15, 0.2) is 9.84 Å². The molecule has 1 amide bonds. The number of carbonyl (C=O) groups is 1. The summed E-state index contributed by atoms with van der Waals surface area (Å²) >= 11 is 0. The van der Waals surface area contributed by atoms with Gasteiger partial charge in [0.1, 0.15) is 5.56 Å². The fourth-order valence-electron chi connectivity index (χ4n) is 2.73. The molecule has 0 spiro atoms. The van der Waals surface area contributed by atoms with Crippen LogP contribution < -0.4 is 10.9 Å². The number of nitrogens with one attached hydrogen (secondary N) is 2. The number of H-pyrrole nitrogens is 1. The lowest BCUT2D eigenvalue weighted by molar-refractivity contribution is 0.0933. The molecule has 1 aliphatic heterocycles. The number of pyridine rings is 1. The van der Waals surface area contributed by atoms with E-state index in [1.54, 1.807) is 37.3 Å². The highest BCUT2D eigenvalue weighted by atomic mass is 32.2. The summed E-state index contributed by atoms with van der Waals surface area (Å²) in [5.74, 6) is -0.537. The van der Waals surface area contributed by atoms with E-state index in [1.165, 1.54) is 6.07 Å². The maximum Gasteiger partial charge on any atom is 0.260 e. The van der Waals surface area contributed by atoms with Gasteiger partial charge in [0.25, 0.3) is 11.5 Å². The molecular formula is C16H16N2O4S. The first kappa shape index (κ1) is 15.5. The second-order valence-electron chi connectivity index (χ2n) is 5.56. The predicted octanol–water partition coefficient (Wildman–Crippen LogP) is 1.33. The molecule has 2 N–H and O–H groups in total. The molecule has 2 aromatic rings. The first-order valence-electron chi connectivity index (χ1n) is 7.21. The van der Waals surface area contributed by atoms with Gasteiger partial charge in [-0.15, -0.1) is 0 Å². The molecule has 0 bridgehead atoms. The van der Waals surface area contributed by atoms with Gasteiger partial charge < -0.3 is 10.3 Å². The summed E-state index contributed by atoms with van der Waals surface area (Å²) in [7, 11) is -3.31. The summed E-state index contributed by atoms with van der Waals surface area (Å²) in [6.45, 7) is 1.73. The topological polar surface area (TPSA) is 96.1 Å². The Morgan fingerprint density at radius 1 is 1.22 bits per heavy atom. The van der Waals surface area contributed by atoms with Crippen LogP contribution in [0, 0.1) is 6.92 Å². The molecule has 6 nitrogen and oxygen atoms in total. The van der Waals surface area contributed by atoms with Crippen molar-refractivity contribution < 1.29 is 13.2 Å². The summed E-state index contributed by atoms with van der Waals surface area (Å²) in [5, 5.41) is 2.77. The van der Waals surface area contributed by atoms with Gasteiger partial charge in [0.05, 0.1) is 16.7 Å². The highest BCUT2D eigenvalue weighted by Crippen LogP contribution is 2.31. The van der Waals surface area contributed by atoms with Crippen molar-refractivity contribution in [2.75, 3.05) is 5.75 Å². The molecular weight excluding hydrogens is 316 g/mol. The van der Waals surface area contributed by atoms with E-state index in [0.717, 1.165) is 0 Å². The van der Waals surface area contributed by atoms with Crippen LogP contribution in [0.2, 0.25) is 0 Å². The second kappa shape index (κ2) is 5.66. The van der Waals surface area contributed by atoms with Crippen LogP contribution in [0.3, 0.4) is 0 Å². The van der Waals surface area contributed by atoms with Crippen LogP contribution in [0.1, 0.15) is 34.1 Å². The molecule has 23 heavy (non-hydrogen) atoms.